The van der Waals surface area contributed by atoms with Crippen LogP contribution >= 0.6 is 0 Å². The lowest BCUT2D eigenvalue weighted by atomic mass is 10.1. The van der Waals surface area contributed by atoms with Crippen molar-refractivity contribution in [1.82, 2.24) is 5.32 Å². The highest BCUT2D eigenvalue weighted by Crippen LogP contribution is 2.27. The number of hydrogen-bond acceptors (Lipinski definition) is 4. The fourth-order valence-electron chi connectivity index (χ4n) is 1.97. The summed E-state index contributed by atoms with van der Waals surface area (Å²) in [5, 5.41) is 13.3. The van der Waals surface area contributed by atoms with Gasteiger partial charge >= 0.3 is 5.69 Å². The second-order valence-electron chi connectivity index (χ2n) is 5.02. The van der Waals surface area contributed by atoms with E-state index in [0.717, 1.165) is 18.2 Å². The van der Waals surface area contributed by atoms with Crippen molar-refractivity contribution in [2.45, 2.75) is 13.5 Å². The van der Waals surface area contributed by atoms with Gasteiger partial charge in [0.1, 0.15) is 11.6 Å². The van der Waals surface area contributed by atoms with Crippen molar-refractivity contribution >= 4 is 11.6 Å². The van der Waals surface area contributed by atoms with Crippen LogP contribution in [-0.2, 0) is 11.3 Å². The summed E-state index contributed by atoms with van der Waals surface area (Å²) in [6.45, 7) is 1.24. The Labute approximate surface area is 136 Å². The second kappa shape index (κ2) is 7.49. The molecule has 126 valence electrons. The first-order valence-electron chi connectivity index (χ1n) is 6.95. The minimum atomic E-state index is -0.728. The minimum Gasteiger partial charge on any atom is -0.477 e. The summed E-state index contributed by atoms with van der Waals surface area (Å²) >= 11 is 0. The van der Waals surface area contributed by atoms with Crippen molar-refractivity contribution in [3.63, 3.8) is 0 Å². The lowest BCUT2D eigenvalue weighted by Crippen LogP contribution is -2.28. The number of halogens is 2. The Morgan fingerprint density at radius 2 is 2.00 bits per heavy atom. The van der Waals surface area contributed by atoms with Crippen LogP contribution in [0, 0.1) is 28.7 Å². The van der Waals surface area contributed by atoms with E-state index < -0.39 is 28.9 Å². The van der Waals surface area contributed by atoms with E-state index >= 15 is 0 Å². The SMILES string of the molecule is Cc1cc(CNC(=O)COc2cc(F)ccc2[N+](=O)[O-])ccc1F. The summed E-state index contributed by atoms with van der Waals surface area (Å²) in [6, 6.07) is 7.15. The average Bonchev–Trinajstić information content (AvgIpc) is 2.53. The quantitative estimate of drug-likeness (QED) is 0.650. The zero-order chi connectivity index (χ0) is 17.7. The summed E-state index contributed by atoms with van der Waals surface area (Å²) < 4.78 is 31.3. The lowest BCUT2D eigenvalue weighted by molar-refractivity contribution is -0.385. The van der Waals surface area contributed by atoms with Gasteiger partial charge in [0, 0.05) is 18.7 Å². The molecular weight excluding hydrogens is 322 g/mol. The van der Waals surface area contributed by atoms with Crippen molar-refractivity contribution in [3.05, 3.63) is 69.3 Å². The predicted octanol–water partition coefficient (Wildman–Crippen LogP) is 2.88. The summed E-state index contributed by atoms with van der Waals surface area (Å²) in [7, 11) is 0. The van der Waals surface area contributed by atoms with Crippen LogP contribution in [0.2, 0.25) is 0 Å². The molecule has 1 N–H and O–H groups in total. The smallest absolute Gasteiger partial charge is 0.311 e. The second-order valence-corrected chi connectivity index (χ2v) is 5.02. The van der Waals surface area contributed by atoms with Gasteiger partial charge < -0.3 is 10.1 Å². The molecule has 0 radical (unpaired) electrons. The number of nitrogens with zero attached hydrogens (tertiary/aromatic N) is 1. The van der Waals surface area contributed by atoms with E-state index in [1.807, 2.05) is 0 Å². The molecule has 0 saturated carbocycles. The van der Waals surface area contributed by atoms with E-state index in [1.165, 1.54) is 12.1 Å². The molecule has 24 heavy (non-hydrogen) atoms. The highest BCUT2D eigenvalue weighted by Gasteiger charge is 2.17. The summed E-state index contributed by atoms with van der Waals surface area (Å²) in [5.41, 5.74) is 0.714. The van der Waals surface area contributed by atoms with Crippen LogP contribution in [0.25, 0.3) is 0 Å². The molecule has 2 aromatic carbocycles. The molecule has 0 aliphatic heterocycles. The van der Waals surface area contributed by atoms with Crippen molar-refractivity contribution in [3.8, 4) is 5.75 Å². The van der Waals surface area contributed by atoms with E-state index in [9.17, 15) is 23.7 Å². The zero-order valence-corrected chi connectivity index (χ0v) is 12.7. The Kier molecular flexibility index (Phi) is 5.41. The fourth-order valence-corrected chi connectivity index (χ4v) is 1.97. The predicted molar refractivity (Wildman–Crippen MR) is 81.5 cm³/mol. The molecule has 0 fully saturated rings. The number of benzene rings is 2. The molecule has 6 nitrogen and oxygen atoms in total. The maximum Gasteiger partial charge on any atom is 0.311 e. The van der Waals surface area contributed by atoms with Crippen molar-refractivity contribution in [2.75, 3.05) is 6.61 Å². The Balaban J connectivity index is 1.92. The Bertz CT molecular complexity index is 781. The van der Waals surface area contributed by atoms with Crippen molar-refractivity contribution in [1.29, 1.82) is 0 Å². The molecule has 0 bridgehead atoms. The first kappa shape index (κ1) is 17.3. The number of ether oxygens (including phenoxy) is 1. The van der Waals surface area contributed by atoms with Crippen LogP contribution in [-0.4, -0.2) is 17.4 Å². The topological polar surface area (TPSA) is 81.5 Å². The standard InChI is InChI=1S/C16H14F2N2O4/c1-10-6-11(2-4-13(10)18)8-19-16(21)9-24-15-7-12(17)3-5-14(15)20(22)23/h2-7H,8-9H2,1H3,(H,19,21). The summed E-state index contributed by atoms with van der Waals surface area (Å²) in [6.07, 6.45) is 0. The first-order valence-corrected chi connectivity index (χ1v) is 6.95. The number of nitrogens with one attached hydrogen (secondary N) is 1. The summed E-state index contributed by atoms with van der Waals surface area (Å²) in [4.78, 5) is 21.8. The number of hydrogen-bond donors (Lipinski definition) is 1. The van der Waals surface area contributed by atoms with Gasteiger partial charge in [-0.1, -0.05) is 12.1 Å². The Morgan fingerprint density at radius 3 is 2.67 bits per heavy atom. The van der Waals surface area contributed by atoms with E-state index in [2.05, 4.69) is 5.32 Å². The number of carbonyl (C=O) groups is 1. The van der Waals surface area contributed by atoms with Crippen molar-refractivity contribution < 1.29 is 23.2 Å². The van der Waals surface area contributed by atoms with Gasteiger partial charge in [-0.2, -0.15) is 0 Å². The van der Waals surface area contributed by atoms with Gasteiger partial charge in [-0.25, -0.2) is 8.78 Å². The van der Waals surface area contributed by atoms with Crippen LogP contribution < -0.4 is 10.1 Å². The molecule has 2 rings (SSSR count). The number of amides is 1. The summed E-state index contributed by atoms with van der Waals surface area (Å²) in [5.74, 6) is -1.92. The van der Waals surface area contributed by atoms with Crippen LogP contribution in [0.3, 0.4) is 0 Å². The maximum atomic E-state index is 13.1. The molecule has 0 saturated heterocycles. The number of nitro benzene ring substituents is 1. The van der Waals surface area contributed by atoms with E-state index in [1.54, 1.807) is 13.0 Å². The molecule has 0 aliphatic carbocycles. The third-order valence-electron chi connectivity index (χ3n) is 3.19. The Hall–Kier alpha value is -3.03. The van der Waals surface area contributed by atoms with E-state index in [0.29, 0.717) is 11.1 Å². The molecular formula is C16H14F2N2O4. The number of aryl methyl sites for hydroxylation is 1. The van der Waals surface area contributed by atoms with Crippen LogP contribution in [0.4, 0.5) is 14.5 Å². The zero-order valence-electron chi connectivity index (χ0n) is 12.7. The molecule has 0 spiro atoms. The van der Waals surface area contributed by atoms with Crippen LogP contribution in [0.15, 0.2) is 36.4 Å². The number of nitro groups is 1. The van der Waals surface area contributed by atoms with Gasteiger partial charge in [0.05, 0.1) is 4.92 Å². The third-order valence-corrected chi connectivity index (χ3v) is 3.19. The minimum absolute atomic E-state index is 0.147. The largest absolute Gasteiger partial charge is 0.477 e. The van der Waals surface area contributed by atoms with E-state index in [-0.39, 0.29) is 18.1 Å². The molecule has 2 aromatic rings. The normalized spacial score (nSPS) is 10.3. The van der Waals surface area contributed by atoms with Gasteiger partial charge in [-0.05, 0) is 30.2 Å². The maximum absolute atomic E-state index is 13.1. The van der Waals surface area contributed by atoms with E-state index in [4.69, 9.17) is 4.74 Å². The fraction of sp³-hybridized carbons (Fsp3) is 0.188. The van der Waals surface area contributed by atoms with Crippen LogP contribution in [0.1, 0.15) is 11.1 Å². The monoisotopic (exact) mass is 336 g/mol. The third kappa shape index (κ3) is 4.48. The van der Waals surface area contributed by atoms with Gasteiger partial charge in [-0.15, -0.1) is 0 Å². The molecule has 0 aliphatic rings. The number of carbonyl (C=O) groups excluding carboxylic acids is 1. The molecule has 0 heterocycles. The lowest BCUT2D eigenvalue weighted by Gasteiger charge is -2.08. The number of rotatable bonds is 6. The molecule has 1 amide bonds. The highest BCUT2D eigenvalue weighted by atomic mass is 19.1. The molecule has 0 unspecified atom stereocenters. The van der Waals surface area contributed by atoms with Gasteiger partial charge in [-0.3, -0.25) is 14.9 Å². The van der Waals surface area contributed by atoms with Gasteiger partial charge in [0.2, 0.25) is 5.75 Å². The van der Waals surface area contributed by atoms with Gasteiger partial charge in [0.15, 0.2) is 6.61 Å². The Morgan fingerprint density at radius 1 is 1.25 bits per heavy atom. The molecule has 0 aromatic heterocycles. The average molecular weight is 336 g/mol. The van der Waals surface area contributed by atoms with Crippen molar-refractivity contribution in [2.24, 2.45) is 0 Å². The molecule has 8 heteroatoms. The van der Waals surface area contributed by atoms with Gasteiger partial charge in [0.25, 0.3) is 5.91 Å². The molecule has 0 atom stereocenters. The highest BCUT2D eigenvalue weighted by molar-refractivity contribution is 5.77. The first-order chi connectivity index (χ1) is 11.4. The van der Waals surface area contributed by atoms with Crippen LogP contribution in [0.5, 0.6) is 5.75 Å².